The van der Waals surface area contributed by atoms with Crippen LogP contribution in [0.3, 0.4) is 0 Å². The Labute approximate surface area is 111 Å². The van der Waals surface area contributed by atoms with Crippen molar-refractivity contribution in [1.29, 1.82) is 0 Å². The van der Waals surface area contributed by atoms with Gasteiger partial charge < -0.3 is 15.8 Å². The minimum Gasteiger partial charge on any atom is -0.439 e. The zero-order valence-electron chi connectivity index (χ0n) is 10.5. The predicted molar refractivity (Wildman–Crippen MR) is 74.2 cm³/mol. The molecule has 0 saturated heterocycles. The van der Waals surface area contributed by atoms with Gasteiger partial charge in [0, 0.05) is 18.3 Å². The van der Waals surface area contributed by atoms with Gasteiger partial charge in [0.1, 0.15) is 17.9 Å². The van der Waals surface area contributed by atoms with E-state index in [1.54, 1.807) is 18.2 Å². The monoisotopic (exact) mass is 256 g/mol. The van der Waals surface area contributed by atoms with Gasteiger partial charge in [-0.15, -0.1) is 0 Å². The van der Waals surface area contributed by atoms with Gasteiger partial charge in [-0.25, -0.2) is 9.97 Å². The van der Waals surface area contributed by atoms with E-state index in [1.165, 1.54) is 19.2 Å². The highest BCUT2D eigenvalue weighted by Crippen LogP contribution is 2.29. The Kier molecular flexibility index (Phi) is 3.18. The van der Waals surface area contributed by atoms with Crippen molar-refractivity contribution >= 4 is 11.5 Å². The first-order valence-electron chi connectivity index (χ1n) is 6.39. The van der Waals surface area contributed by atoms with Gasteiger partial charge in [0.05, 0.1) is 0 Å². The zero-order chi connectivity index (χ0) is 13.1. The summed E-state index contributed by atoms with van der Waals surface area (Å²) in [4.78, 5) is 8.27. The third-order valence-electron chi connectivity index (χ3n) is 3.01. The van der Waals surface area contributed by atoms with Crippen LogP contribution in [0.15, 0.2) is 36.7 Å². The maximum Gasteiger partial charge on any atom is 0.224 e. The maximum absolute atomic E-state index is 5.65. The van der Waals surface area contributed by atoms with Gasteiger partial charge in [0.25, 0.3) is 0 Å². The highest BCUT2D eigenvalue weighted by atomic mass is 16.5. The van der Waals surface area contributed by atoms with E-state index in [2.05, 4.69) is 15.3 Å². The lowest BCUT2D eigenvalue weighted by Gasteiger charge is -2.07. The number of hydrogen-bond donors (Lipinski definition) is 2. The molecule has 98 valence electrons. The van der Waals surface area contributed by atoms with Gasteiger partial charge in [0.2, 0.25) is 5.88 Å². The average molecular weight is 256 g/mol. The molecule has 1 saturated carbocycles. The zero-order valence-corrected chi connectivity index (χ0v) is 10.5. The van der Waals surface area contributed by atoms with Crippen LogP contribution in [0.25, 0.3) is 0 Å². The molecule has 0 amide bonds. The molecule has 1 fully saturated rings. The first kappa shape index (κ1) is 11.8. The number of hydrogen-bond acceptors (Lipinski definition) is 5. The van der Waals surface area contributed by atoms with Crippen LogP contribution >= 0.6 is 0 Å². The standard InChI is InChI=1S/C14H16N4O/c15-11-3-5-12(6-4-11)19-14-7-13(17-9-18-14)16-8-10-1-2-10/h3-7,9-10H,1-2,8,15H2,(H,16,17,18). The van der Waals surface area contributed by atoms with Crippen molar-refractivity contribution in [3.63, 3.8) is 0 Å². The SMILES string of the molecule is Nc1ccc(Oc2cc(NCC3CC3)ncn2)cc1. The molecule has 0 bridgehead atoms. The second kappa shape index (κ2) is 5.14. The molecule has 1 aromatic carbocycles. The van der Waals surface area contributed by atoms with Crippen LogP contribution in [0.4, 0.5) is 11.5 Å². The fourth-order valence-electron chi connectivity index (χ4n) is 1.72. The molecular formula is C14H16N4O. The molecule has 1 aliphatic rings. The summed E-state index contributed by atoms with van der Waals surface area (Å²) >= 11 is 0. The summed E-state index contributed by atoms with van der Waals surface area (Å²) < 4.78 is 5.65. The van der Waals surface area contributed by atoms with E-state index in [-0.39, 0.29) is 0 Å². The molecule has 0 atom stereocenters. The minimum atomic E-state index is 0.526. The lowest BCUT2D eigenvalue weighted by atomic mass is 10.3. The second-order valence-electron chi connectivity index (χ2n) is 4.74. The Balaban J connectivity index is 1.66. The summed E-state index contributed by atoms with van der Waals surface area (Å²) in [6.07, 6.45) is 4.13. The molecule has 0 unspecified atom stereocenters. The van der Waals surface area contributed by atoms with Crippen molar-refractivity contribution < 1.29 is 4.74 Å². The predicted octanol–water partition coefficient (Wildman–Crippen LogP) is 2.67. The number of aromatic nitrogens is 2. The van der Waals surface area contributed by atoms with Crippen LogP contribution < -0.4 is 15.8 Å². The van der Waals surface area contributed by atoms with Gasteiger partial charge in [-0.2, -0.15) is 0 Å². The van der Waals surface area contributed by atoms with Crippen molar-refractivity contribution in [3.05, 3.63) is 36.7 Å². The third-order valence-corrected chi connectivity index (χ3v) is 3.01. The number of nitrogen functional groups attached to an aromatic ring is 1. The topological polar surface area (TPSA) is 73.1 Å². The first-order valence-corrected chi connectivity index (χ1v) is 6.39. The quantitative estimate of drug-likeness (QED) is 0.805. The smallest absolute Gasteiger partial charge is 0.224 e. The summed E-state index contributed by atoms with van der Waals surface area (Å²) in [5, 5.41) is 3.29. The number of ether oxygens (including phenoxy) is 1. The van der Waals surface area contributed by atoms with E-state index in [9.17, 15) is 0 Å². The molecule has 1 aliphatic carbocycles. The Morgan fingerprint density at radius 3 is 2.74 bits per heavy atom. The van der Waals surface area contributed by atoms with E-state index >= 15 is 0 Å². The van der Waals surface area contributed by atoms with Crippen LogP contribution in [0.1, 0.15) is 12.8 Å². The van der Waals surface area contributed by atoms with Crippen molar-refractivity contribution in [1.82, 2.24) is 9.97 Å². The molecule has 5 nitrogen and oxygen atoms in total. The Hall–Kier alpha value is -2.30. The molecular weight excluding hydrogens is 240 g/mol. The molecule has 3 N–H and O–H groups in total. The molecule has 1 aromatic heterocycles. The van der Waals surface area contributed by atoms with Crippen LogP contribution in [0, 0.1) is 5.92 Å². The normalized spacial score (nSPS) is 14.1. The number of nitrogens with one attached hydrogen (secondary N) is 1. The summed E-state index contributed by atoms with van der Waals surface area (Å²) in [5.74, 6) is 2.84. The third kappa shape index (κ3) is 3.34. The van der Waals surface area contributed by atoms with Gasteiger partial charge in [-0.1, -0.05) is 0 Å². The first-order chi connectivity index (χ1) is 9.29. The summed E-state index contributed by atoms with van der Waals surface area (Å²) in [6.45, 7) is 0.971. The highest BCUT2D eigenvalue weighted by Gasteiger charge is 2.20. The van der Waals surface area contributed by atoms with Gasteiger partial charge in [-0.3, -0.25) is 0 Å². The fourth-order valence-corrected chi connectivity index (χ4v) is 1.72. The molecule has 0 aliphatic heterocycles. The molecule has 3 rings (SSSR count). The Bertz CT molecular complexity index is 552. The number of nitrogens with zero attached hydrogens (tertiary/aromatic N) is 2. The van der Waals surface area contributed by atoms with E-state index in [4.69, 9.17) is 10.5 Å². The van der Waals surface area contributed by atoms with E-state index in [0.29, 0.717) is 17.3 Å². The fraction of sp³-hybridized carbons (Fsp3) is 0.286. The number of anilines is 2. The molecule has 0 radical (unpaired) electrons. The Morgan fingerprint density at radius 1 is 1.21 bits per heavy atom. The van der Waals surface area contributed by atoms with Crippen LogP contribution in [0.2, 0.25) is 0 Å². The van der Waals surface area contributed by atoms with Crippen LogP contribution in [-0.2, 0) is 0 Å². The van der Waals surface area contributed by atoms with Gasteiger partial charge in [0.15, 0.2) is 0 Å². The molecule has 2 aromatic rings. The van der Waals surface area contributed by atoms with Gasteiger partial charge in [-0.05, 0) is 43.0 Å². The lowest BCUT2D eigenvalue weighted by molar-refractivity contribution is 0.462. The van der Waals surface area contributed by atoms with Crippen molar-refractivity contribution in [2.24, 2.45) is 5.92 Å². The largest absolute Gasteiger partial charge is 0.439 e. The second-order valence-corrected chi connectivity index (χ2v) is 4.74. The highest BCUT2D eigenvalue weighted by molar-refractivity contribution is 5.43. The summed E-state index contributed by atoms with van der Waals surface area (Å²) in [6, 6.07) is 9.02. The van der Waals surface area contributed by atoms with Crippen LogP contribution in [0.5, 0.6) is 11.6 Å². The number of nitrogens with two attached hydrogens (primary N) is 1. The maximum atomic E-state index is 5.65. The number of rotatable bonds is 5. The van der Waals surface area contributed by atoms with E-state index in [0.717, 1.165) is 18.3 Å². The van der Waals surface area contributed by atoms with E-state index in [1.807, 2.05) is 12.1 Å². The molecule has 19 heavy (non-hydrogen) atoms. The number of benzene rings is 1. The Morgan fingerprint density at radius 2 is 2.00 bits per heavy atom. The van der Waals surface area contributed by atoms with Crippen LogP contribution in [-0.4, -0.2) is 16.5 Å². The summed E-state index contributed by atoms with van der Waals surface area (Å²) in [7, 11) is 0. The minimum absolute atomic E-state index is 0.526. The van der Waals surface area contributed by atoms with E-state index < -0.39 is 0 Å². The van der Waals surface area contributed by atoms with Crippen molar-refractivity contribution in [3.8, 4) is 11.6 Å². The molecule has 1 heterocycles. The summed E-state index contributed by atoms with van der Waals surface area (Å²) in [5.41, 5.74) is 6.34. The van der Waals surface area contributed by atoms with Crippen molar-refractivity contribution in [2.75, 3.05) is 17.6 Å². The lowest BCUT2D eigenvalue weighted by Crippen LogP contribution is -2.05. The van der Waals surface area contributed by atoms with Gasteiger partial charge >= 0.3 is 0 Å². The molecule has 5 heteroatoms. The van der Waals surface area contributed by atoms with Crippen molar-refractivity contribution in [2.45, 2.75) is 12.8 Å². The average Bonchev–Trinajstić information content (AvgIpc) is 3.24. The molecule has 0 spiro atoms.